The van der Waals surface area contributed by atoms with Crippen molar-refractivity contribution >= 4 is 6.03 Å². The van der Waals surface area contributed by atoms with Gasteiger partial charge in [0.1, 0.15) is 5.82 Å². The Morgan fingerprint density at radius 3 is 2.67 bits per heavy atom. The Labute approximate surface area is 161 Å². The molecule has 2 amide bonds. The fraction of sp³-hybridized carbons (Fsp3) is 0.545. The molecule has 1 saturated carbocycles. The first-order valence-corrected chi connectivity index (χ1v) is 10.2. The zero-order valence-corrected chi connectivity index (χ0v) is 16.4. The van der Waals surface area contributed by atoms with Gasteiger partial charge in [-0.1, -0.05) is 36.2 Å². The fourth-order valence-corrected chi connectivity index (χ4v) is 4.13. The third-order valence-electron chi connectivity index (χ3n) is 6.13. The number of hydrogen-bond acceptors (Lipinski definition) is 2. The van der Waals surface area contributed by atoms with Crippen LogP contribution in [0.5, 0.6) is 0 Å². The quantitative estimate of drug-likeness (QED) is 0.869. The maximum atomic E-state index is 12.5. The first kappa shape index (κ1) is 18.1. The molecule has 1 saturated heterocycles. The third-order valence-corrected chi connectivity index (χ3v) is 6.13. The number of imidazole rings is 1. The van der Waals surface area contributed by atoms with Crippen LogP contribution in [-0.2, 0) is 13.1 Å². The summed E-state index contributed by atoms with van der Waals surface area (Å²) >= 11 is 0. The van der Waals surface area contributed by atoms with E-state index in [1.165, 1.54) is 36.3 Å². The van der Waals surface area contributed by atoms with Crippen LogP contribution in [0, 0.1) is 19.8 Å². The number of aryl methyl sites for hydroxylation is 2. The predicted molar refractivity (Wildman–Crippen MR) is 107 cm³/mol. The molecule has 1 atom stereocenters. The zero-order chi connectivity index (χ0) is 18.8. The Balaban J connectivity index is 1.30. The van der Waals surface area contributed by atoms with Gasteiger partial charge in [-0.3, -0.25) is 0 Å². The van der Waals surface area contributed by atoms with Crippen LogP contribution in [-0.4, -0.2) is 33.6 Å². The molecule has 1 aromatic carbocycles. The molecule has 1 unspecified atom stereocenters. The van der Waals surface area contributed by atoms with E-state index in [4.69, 9.17) is 0 Å². The Morgan fingerprint density at radius 1 is 1.19 bits per heavy atom. The maximum absolute atomic E-state index is 12.5. The fourth-order valence-electron chi connectivity index (χ4n) is 4.13. The van der Waals surface area contributed by atoms with Crippen LogP contribution in [0.3, 0.4) is 0 Å². The van der Waals surface area contributed by atoms with Crippen molar-refractivity contribution in [1.82, 2.24) is 19.8 Å². The topological polar surface area (TPSA) is 50.2 Å². The minimum absolute atomic E-state index is 0.0552. The number of nitrogens with zero attached hydrogens (tertiary/aromatic N) is 3. The molecule has 5 nitrogen and oxygen atoms in total. The smallest absolute Gasteiger partial charge is 0.317 e. The lowest BCUT2D eigenvalue weighted by molar-refractivity contribution is 0.206. The summed E-state index contributed by atoms with van der Waals surface area (Å²) in [6.45, 7) is 7.48. The van der Waals surface area contributed by atoms with E-state index in [0.717, 1.165) is 31.6 Å². The van der Waals surface area contributed by atoms with Gasteiger partial charge in [-0.2, -0.15) is 0 Å². The number of hydrogen-bond donors (Lipinski definition) is 1. The number of nitrogens with one attached hydrogen (secondary N) is 1. The number of aromatic nitrogens is 2. The molecule has 1 aromatic heterocycles. The van der Waals surface area contributed by atoms with E-state index >= 15 is 0 Å². The largest absolute Gasteiger partial charge is 0.334 e. The second kappa shape index (κ2) is 7.75. The highest BCUT2D eigenvalue weighted by atomic mass is 16.2. The van der Waals surface area contributed by atoms with Crippen molar-refractivity contribution in [3.8, 4) is 0 Å². The van der Waals surface area contributed by atoms with E-state index in [-0.39, 0.29) is 6.03 Å². The van der Waals surface area contributed by atoms with Crippen LogP contribution >= 0.6 is 0 Å². The first-order chi connectivity index (χ1) is 13.1. The summed E-state index contributed by atoms with van der Waals surface area (Å²) in [6.07, 6.45) is 6.95. The molecule has 2 aromatic rings. The number of amides is 2. The Bertz CT molecular complexity index is 791. The summed E-state index contributed by atoms with van der Waals surface area (Å²) in [7, 11) is 0. The summed E-state index contributed by atoms with van der Waals surface area (Å²) in [4.78, 5) is 19.2. The van der Waals surface area contributed by atoms with E-state index < -0.39 is 0 Å². The van der Waals surface area contributed by atoms with Crippen molar-refractivity contribution in [2.24, 2.45) is 5.92 Å². The van der Waals surface area contributed by atoms with Crippen molar-refractivity contribution in [3.05, 3.63) is 53.1 Å². The number of rotatable bonds is 5. The molecule has 27 heavy (non-hydrogen) atoms. The van der Waals surface area contributed by atoms with Crippen molar-refractivity contribution < 1.29 is 4.79 Å². The van der Waals surface area contributed by atoms with E-state index in [9.17, 15) is 4.79 Å². The van der Waals surface area contributed by atoms with Gasteiger partial charge in [0.05, 0.1) is 0 Å². The minimum atomic E-state index is 0.0552. The molecule has 0 radical (unpaired) electrons. The highest BCUT2D eigenvalue weighted by molar-refractivity contribution is 5.74. The lowest BCUT2D eigenvalue weighted by Gasteiger charge is -2.27. The number of benzene rings is 1. The van der Waals surface area contributed by atoms with Gasteiger partial charge in [0.25, 0.3) is 0 Å². The van der Waals surface area contributed by atoms with E-state index in [2.05, 4.69) is 53.0 Å². The Morgan fingerprint density at radius 2 is 1.96 bits per heavy atom. The van der Waals surface area contributed by atoms with Crippen molar-refractivity contribution in [2.45, 2.75) is 58.5 Å². The lowest BCUT2D eigenvalue weighted by atomic mass is 9.84. The Hall–Kier alpha value is -2.30. The van der Waals surface area contributed by atoms with Crippen molar-refractivity contribution in [1.29, 1.82) is 0 Å². The van der Waals surface area contributed by atoms with E-state index in [1.54, 1.807) is 0 Å². The van der Waals surface area contributed by atoms with Gasteiger partial charge in [-0.05, 0) is 44.6 Å². The van der Waals surface area contributed by atoms with Crippen LogP contribution in [0.2, 0.25) is 0 Å². The second-order valence-corrected chi connectivity index (χ2v) is 8.24. The summed E-state index contributed by atoms with van der Waals surface area (Å²) < 4.78 is 2.40. The number of carbonyl (C=O) groups excluding carboxylic acids is 1. The molecule has 2 aliphatic rings. The molecule has 1 aliphatic heterocycles. The van der Waals surface area contributed by atoms with Gasteiger partial charge in [0.15, 0.2) is 0 Å². The van der Waals surface area contributed by atoms with Crippen LogP contribution in [0.25, 0.3) is 0 Å². The van der Waals surface area contributed by atoms with Gasteiger partial charge in [0, 0.05) is 44.0 Å². The van der Waals surface area contributed by atoms with Crippen molar-refractivity contribution in [2.75, 3.05) is 13.1 Å². The number of urea groups is 1. The lowest BCUT2D eigenvalue weighted by Crippen LogP contribution is -2.38. The molecule has 0 spiro atoms. The molecule has 4 rings (SSSR count). The zero-order valence-electron chi connectivity index (χ0n) is 16.4. The van der Waals surface area contributed by atoms with Crippen LogP contribution < -0.4 is 5.32 Å². The molecule has 2 heterocycles. The predicted octanol–water partition coefficient (Wildman–Crippen LogP) is 4.00. The summed E-state index contributed by atoms with van der Waals surface area (Å²) in [5.41, 5.74) is 3.63. The van der Waals surface area contributed by atoms with Gasteiger partial charge in [-0.15, -0.1) is 0 Å². The molecule has 0 bridgehead atoms. The van der Waals surface area contributed by atoms with E-state index in [0.29, 0.717) is 18.4 Å². The molecular weight excluding hydrogens is 336 g/mol. The number of likely N-dealkylation sites (tertiary alicyclic amines) is 1. The maximum Gasteiger partial charge on any atom is 0.317 e. The molecule has 1 aliphatic carbocycles. The van der Waals surface area contributed by atoms with Crippen LogP contribution in [0.15, 0.2) is 30.5 Å². The van der Waals surface area contributed by atoms with Crippen LogP contribution in [0.4, 0.5) is 4.79 Å². The van der Waals surface area contributed by atoms with Gasteiger partial charge < -0.3 is 14.8 Å². The molecule has 5 heteroatoms. The normalized spacial score (nSPS) is 19.9. The standard InChI is InChI=1S/C22H30N4O/c1-16-6-8-18(9-7-16)13-24-22(27)25-11-10-19(14-25)15-26-17(2)12-23-21(26)20-4-3-5-20/h6-9,12,19-20H,3-5,10-11,13-15H2,1-2H3,(H,24,27). The number of carbonyl (C=O) groups is 1. The van der Waals surface area contributed by atoms with Gasteiger partial charge in [-0.25, -0.2) is 9.78 Å². The highest BCUT2D eigenvalue weighted by Gasteiger charge is 2.29. The van der Waals surface area contributed by atoms with Crippen LogP contribution in [0.1, 0.15) is 54.2 Å². The summed E-state index contributed by atoms with van der Waals surface area (Å²) in [6, 6.07) is 8.37. The average Bonchev–Trinajstić information content (AvgIpc) is 3.22. The molecule has 144 valence electrons. The Kier molecular flexibility index (Phi) is 5.19. The average molecular weight is 367 g/mol. The third kappa shape index (κ3) is 4.02. The monoisotopic (exact) mass is 366 g/mol. The molecule has 2 fully saturated rings. The second-order valence-electron chi connectivity index (χ2n) is 8.24. The van der Waals surface area contributed by atoms with E-state index in [1.807, 2.05) is 11.1 Å². The molecule has 1 N–H and O–H groups in total. The van der Waals surface area contributed by atoms with Gasteiger partial charge in [0.2, 0.25) is 0 Å². The SMILES string of the molecule is Cc1ccc(CNC(=O)N2CCC(Cn3c(C)cnc3C3CCC3)C2)cc1. The summed E-state index contributed by atoms with van der Waals surface area (Å²) in [5.74, 6) is 2.43. The molecular formula is C22H30N4O. The summed E-state index contributed by atoms with van der Waals surface area (Å²) in [5, 5.41) is 3.07. The van der Waals surface area contributed by atoms with Crippen molar-refractivity contribution in [3.63, 3.8) is 0 Å². The minimum Gasteiger partial charge on any atom is -0.334 e. The first-order valence-electron chi connectivity index (χ1n) is 10.2. The highest BCUT2D eigenvalue weighted by Crippen LogP contribution is 2.36. The van der Waals surface area contributed by atoms with Gasteiger partial charge >= 0.3 is 6.03 Å².